The Morgan fingerprint density at radius 3 is 2.83 bits per heavy atom. The van der Waals surface area contributed by atoms with Gasteiger partial charge in [0.15, 0.2) is 16.7 Å². The summed E-state index contributed by atoms with van der Waals surface area (Å²) in [5.41, 5.74) is 1.19. The molecule has 3 rings (SSSR count). The van der Waals surface area contributed by atoms with Gasteiger partial charge in [-0.1, -0.05) is 11.6 Å². The molecule has 1 amide bonds. The van der Waals surface area contributed by atoms with Crippen LogP contribution in [0.15, 0.2) is 35.7 Å². The van der Waals surface area contributed by atoms with Crippen molar-refractivity contribution in [3.63, 3.8) is 0 Å². The van der Waals surface area contributed by atoms with Gasteiger partial charge in [-0.05, 0) is 30.3 Å². The Bertz CT molecular complexity index is 863. The van der Waals surface area contributed by atoms with Gasteiger partial charge in [0.2, 0.25) is 0 Å². The van der Waals surface area contributed by atoms with E-state index in [1.165, 1.54) is 41.9 Å². The number of halogens is 2. The molecule has 3 aromatic rings. The van der Waals surface area contributed by atoms with Crippen molar-refractivity contribution in [1.29, 1.82) is 0 Å². The SMILES string of the molecule is COc1ccc(-c2csc(NC(=O)c3ccc(Cl)s3)n2)cc1F. The number of nitrogens with one attached hydrogen (secondary N) is 1. The quantitative estimate of drug-likeness (QED) is 0.710. The van der Waals surface area contributed by atoms with Gasteiger partial charge in [-0.3, -0.25) is 10.1 Å². The number of rotatable bonds is 4. The number of carbonyl (C=O) groups is 1. The average Bonchev–Trinajstić information content (AvgIpc) is 3.16. The Labute approximate surface area is 144 Å². The summed E-state index contributed by atoms with van der Waals surface area (Å²) < 4.78 is 19.2. The third-order valence-corrected chi connectivity index (χ3v) is 4.96. The van der Waals surface area contributed by atoms with Crippen molar-refractivity contribution >= 4 is 45.3 Å². The van der Waals surface area contributed by atoms with E-state index in [1.807, 2.05) is 0 Å². The Balaban J connectivity index is 1.78. The van der Waals surface area contributed by atoms with E-state index in [4.69, 9.17) is 16.3 Å². The largest absolute Gasteiger partial charge is 0.494 e. The molecule has 0 bridgehead atoms. The van der Waals surface area contributed by atoms with E-state index < -0.39 is 5.82 Å². The number of ether oxygens (including phenoxy) is 1. The molecule has 0 radical (unpaired) electrons. The number of thiophene rings is 1. The van der Waals surface area contributed by atoms with E-state index >= 15 is 0 Å². The Kier molecular flexibility index (Phi) is 4.61. The van der Waals surface area contributed by atoms with Gasteiger partial charge in [0.25, 0.3) is 5.91 Å². The molecule has 0 unspecified atom stereocenters. The topological polar surface area (TPSA) is 51.2 Å². The van der Waals surface area contributed by atoms with Crippen molar-refractivity contribution in [1.82, 2.24) is 4.98 Å². The number of anilines is 1. The molecule has 0 spiro atoms. The molecule has 118 valence electrons. The second-order valence-corrected chi connectivity index (χ2v) is 7.02. The van der Waals surface area contributed by atoms with E-state index in [0.29, 0.717) is 25.6 Å². The van der Waals surface area contributed by atoms with Crippen LogP contribution in [0.3, 0.4) is 0 Å². The molecule has 2 aromatic heterocycles. The van der Waals surface area contributed by atoms with E-state index in [0.717, 1.165) is 0 Å². The lowest BCUT2D eigenvalue weighted by Crippen LogP contribution is -2.09. The molecule has 0 atom stereocenters. The first-order valence-corrected chi connectivity index (χ1v) is 8.50. The summed E-state index contributed by atoms with van der Waals surface area (Å²) in [4.78, 5) is 16.8. The van der Waals surface area contributed by atoms with Gasteiger partial charge in [0.05, 0.1) is 22.0 Å². The molecule has 0 aliphatic heterocycles. The number of nitrogens with zero attached hydrogens (tertiary/aromatic N) is 1. The van der Waals surface area contributed by atoms with Gasteiger partial charge >= 0.3 is 0 Å². The lowest BCUT2D eigenvalue weighted by Gasteiger charge is -2.03. The first-order valence-electron chi connectivity index (χ1n) is 6.43. The van der Waals surface area contributed by atoms with Crippen LogP contribution in [0, 0.1) is 5.82 Å². The zero-order valence-corrected chi connectivity index (χ0v) is 14.2. The summed E-state index contributed by atoms with van der Waals surface area (Å²) in [7, 11) is 1.41. The third kappa shape index (κ3) is 3.52. The summed E-state index contributed by atoms with van der Waals surface area (Å²) in [6.07, 6.45) is 0. The monoisotopic (exact) mass is 368 g/mol. The Hall–Kier alpha value is -1.96. The number of thiazole rings is 1. The minimum atomic E-state index is -0.461. The highest BCUT2D eigenvalue weighted by Gasteiger charge is 2.13. The van der Waals surface area contributed by atoms with Crippen molar-refractivity contribution < 1.29 is 13.9 Å². The first kappa shape index (κ1) is 15.9. The molecule has 0 saturated heterocycles. The maximum atomic E-state index is 13.7. The summed E-state index contributed by atoms with van der Waals surface area (Å²) in [6.45, 7) is 0. The fourth-order valence-corrected chi connectivity index (χ4v) is 3.54. The molecular weight excluding hydrogens is 359 g/mol. The van der Waals surface area contributed by atoms with Gasteiger partial charge in [-0.25, -0.2) is 9.37 Å². The highest BCUT2D eigenvalue weighted by Crippen LogP contribution is 2.29. The Morgan fingerprint density at radius 1 is 1.35 bits per heavy atom. The number of benzene rings is 1. The minimum Gasteiger partial charge on any atom is -0.494 e. The van der Waals surface area contributed by atoms with E-state index in [2.05, 4.69) is 10.3 Å². The standard InChI is InChI=1S/C15H10ClFN2O2S2/c1-21-11-3-2-8(6-9(11)17)10-7-22-15(18-10)19-14(20)12-4-5-13(16)23-12/h2-7H,1H3,(H,18,19,20). The summed E-state index contributed by atoms with van der Waals surface area (Å²) in [5, 5.41) is 4.88. The van der Waals surface area contributed by atoms with Crippen molar-refractivity contribution in [2.75, 3.05) is 12.4 Å². The van der Waals surface area contributed by atoms with Crippen molar-refractivity contribution in [2.45, 2.75) is 0 Å². The maximum absolute atomic E-state index is 13.7. The average molecular weight is 369 g/mol. The molecule has 0 aliphatic carbocycles. The number of carbonyl (C=O) groups excluding carboxylic acids is 1. The van der Waals surface area contributed by atoms with Crippen molar-refractivity contribution in [3.05, 3.63) is 50.7 Å². The van der Waals surface area contributed by atoms with Gasteiger partial charge < -0.3 is 4.74 Å². The number of hydrogen-bond donors (Lipinski definition) is 1. The normalized spacial score (nSPS) is 10.6. The zero-order chi connectivity index (χ0) is 16.4. The van der Waals surface area contributed by atoms with Crippen molar-refractivity contribution in [3.8, 4) is 17.0 Å². The molecule has 0 saturated carbocycles. The fourth-order valence-electron chi connectivity index (χ4n) is 1.88. The molecule has 0 aliphatic rings. The molecule has 8 heteroatoms. The number of methoxy groups -OCH3 is 1. The van der Waals surface area contributed by atoms with Crippen LogP contribution in [0.25, 0.3) is 11.3 Å². The molecule has 23 heavy (non-hydrogen) atoms. The lowest BCUT2D eigenvalue weighted by atomic mass is 10.1. The molecule has 4 nitrogen and oxygen atoms in total. The highest BCUT2D eigenvalue weighted by atomic mass is 35.5. The minimum absolute atomic E-state index is 0.173. The zero-order valence-electron chi connectivity index (χ0n) is 11.8. The van der Waals surface area contributed by atoms with Crippen LogP contribution in [0.5, 0.6) is 5.75 Å². The van der Waals surface area contributed by atoms with Crippen LogP contribution in [-0.4, -0.2) is 18.0 Å². The molecule has 0 fully saturated rings. The van der Waals surface area contributed by atoms with Crippen LogP contribution >= 0.6 is 34.3 Å². The van der Waals surface area contributed by atoms with Gasteiger partial charge in [0.1, 0.15) is 0 Å². The fraction of sp³-hybridized carbons (Fsp3) is 0.0667. The lowest BCUT2D eigenvalue weighted by molar-refractivity contribution is 0.103. The Morgan fingerprint density at radius 2 is 2.17 bits per heavy atom. The predicted octanol–water partition coefficient (Wildman–Crippen LogP) is 4.93. The molecule has 1 aromatic carbocycles. The third-order valence-electron chi connectivity index (χ3n) is 2.97. The summed E-state index contributed by atoms with van der Waals surface area (Å²) in [6, 6.07) is 7.90. The van der Waals surface area contributed by atoms with Gasteiger partial charge in [-0.15, -0.1) is 22.7 Å². The van der Waals surface area contributed by atoms with Gasteiger partial charge in [-0.2, -0.15) is 0 Å². The number of amides is 1. The second kappa shape index (κ2) is 6.66. The van der Waals surface area contributed by atoms with Crippen LogP contribution in [-0.2, 0) is 0 Å². The second-order valence-electron chi connectivity index (χ2n) is 4.45. The van der Waals surface area contributed by atoms with Crippen molar-refractivity contribution in [2.24, 2.45) is 0 Å². The van der Waals surface area contributed by atoms with E-state index in [1.54, 1.807) is 23.6 Å². The first-order chi connectivity index (χ1) is 11.1. The molecular formula is C15H10ClFN2O2S2. The van der Waals surface area contributed by atoms with Crippen LogP contribution < -0.4 is 10.1 Å². The predicted molar refractivity (Wildman–Crippen MR) is 91.3 cm³/mol. The van der Waals surface area contributed by atoms with Crippen LogP contribution in [0.2, 0.25) is 4.34 Å². The number of hydrogen-bond acceptors (Lipinski definition) is 5. The number of aromatic nitrogens is 1. The molecule has 1 N–H and O–H groups in total. The van der Waals surface area contributed by atoms with Crippen LogP contribution in [0.1, 0.15) is 9.67 Å². The maximum Gasteiger partial charge on any atom is 0.267 e. The smallest absolute Gasteiger partial charge is 0.267 e. The van der Waals surface area contributed by atoms with E-state index in [-0.39, 0.29) is 11.7 Å². The summed E-state index contributed by atoms with van der Waals surface area (Å²) in [5.74, 6) is -0.562. The van der Waals surface area contributed by atoms with Crippen LogP contribution in [0.4, 0.5) is 9.52 Å². The highest BCUT2D eigenvalue weighted by molar-refractivity contribution is 7.18. The van der Waals surface area contributed by atoms with E-state index in [9.17, 15) is 9.18 Å². The summed E-state index contributed by atoms with van der Waals surface area (Å²) >= 11 is 8.27. The van der Waals surface area contributed by atoms with Gasteiger partial charge in [0, 0.05) is 10.9 Å². The molecule has 2 heterocycles.